The maximum atomic E-state index is 14.0. The molecule has 76 heavy (non-hydrogen) atoms. The van der Waals surface area contributed by atoms with E-state index in [0.717, 1.165) is 11.8 Å². The van der Waals surface area contributed by atoms with Gasteiger partial charge < -0.3 is 90.6 Å². The fourth-order valence-electron chi connectivity index (χ4n) is 7.65. The number of hydrogen-bond acceptors (Lipinski definition) is 16. The summed E-state index contributed by atoms with van der Waals surface area (Å²) in [6.07, 6.45) is -4.49. The van der Waals surface area contributed by atoms with E-state index in [1.165, 1.54) is 19.1 Å². The summed E-state index contributed by atoms with van der Waals surface area (Å²) in [5, 5.41) is 65.3. The first-order chi connectivity index (χ1) is 35.6. The molecule has 1 saturated heterocycles. The summed E-state index contributed by atoms with van der Waals surface area (Å²) in [7, 11) is 0. The molecule has 0 aromatic heterocycles. The molecule has 1 aliphatic rings. The number of carboxylic acid groups (broad SMARTS) is 3. The number of amides is 9. The van der Waals surface area contributed by atoms with Crippen molar-refractivity contribution < 1.29 is 83.1 Å². The molecule has 1 aliphatic heterocycles. The van der Waals surface area contributed by atoms with E-state index in [1.807, 2.05) is 0 Å². The summed E-state index contributed by atoms with van der Waals surface area (Å²) >= 11 is 0. The average Bonchev–Trinajstić information content (AvgIpc) is 3.84. The number of primary amides is 1. The maximum Gasteiger partial charge on any atom is 0.326 e. The number of aliphatic hydroxyl groups excluding tert-OH is 1. The van der Waals surface area contributed by atoms with Gasteiger partial charge in [-0.1, -0.05) is 32.4 Å². The second kappa shape index (κ2) is 30.9. The van der Waals surface area contributed by atoms with Crippen LogP contribution in [-0.4, -0.2) is 181 Å². The third-order valence-electron chi connectivity index (χ3n) is 12.0. The van der Waals surface area contributed by atoms with Crippen LogP contribution in [0.2, 0.25) is 0 Å². The van der Waals surface area contributed by atoms with E-state index in [2.05, 4.69) is 42.2 Å². The first kappa shape index (κ1) is 64.0. The molecule has 9 amide bonds. The number of benzene rings is 1. The Labute approximate surface area is 436 Å². The number of aliphatic carboxylic acids is 3. The van der Waals surface area contributed by atoms with Crippen LogP contribution in [-0.2, 0) is 64.0 Å². The van der Waals surface area contributed by atoms with Crippen LogP contribution in [0.15, 0.2) is 29.3 Å². The number of nitrogens with one attached hydrogen (secondary N) is 7. The number of aromatic hydroxyl groups is 1. The molecule has 0 unspecified atom stereocenters. The number of likely N-dealkylation sites (tertiary alicyclic amines) is 1. The monoisotopic (exact) mass is 1080 g/mol. The molecule has 0 bridgehead atoms. The number of guanidine groups is 1. The second-order valence-corrected chi connectivity index (χ2v) is 18.2. The van der Waals surface area contributed by atoms with Gasteiger partial charge in [-0.15, -0.1) is 0 Å². The Hall–Kier alpha value is -8.15. The highest BCUT2D eigenvalue weighted by Crippen LogP contribution is 2.20. The summed E-state index contributed by atoms with van der Waals surface area (Å²) in [5.74, 6) is -14.8. The lowest BCUT2D eigenvalue weighted by molar-refractivity contribution is -0.147. The van der Waals surface area contributed by atoms with Crippen LogP contribution in [0.3, 0.4) is 0 Å². The molecule has 1 aromatic rings. The molecular weight excluding hydrogens is 1010 g/mol. The summed E-state index contributed by atoms with van der Waals surface area (Å²) in [4.78, 5) is 161. The lowest BCUT2D eigenvalue weighted by Crippen LogP contribution is -2.62. The fraction of sp³-hybridized carbons (Fsp3) is 0.587. The molecular formula is C46H71N13O17. The van der Waals surface area contributed by atoms with Gasteiger partial charge in [0.25, 0.3) is 0 Å². The normalized spacial score (nSPS) is 16.9. The summed E-state index contributed by atoms with van der Waals surface area (Å²) in [6.45, 7) is 5.41. The smallest absolute Gasteiger partial charge is 0.326 e. The zero-order valence-corrected chi connectivity index (χ0v) is 42.5. The average molecular weight is 1080 g/mol. The van der Waals surface area contributed by atoms with Crippen LogP contribution in [0.5, 0.6) is 5.75 Å². The number of aliphatic imine (C=N–C) groups is 1. The number of rotatable bonds is 32. The Morgan fingerprint density at radius 2 is 1.25 bits per heavy atom. The van der Waals surface area contributed by atoms with Crippen molar-refractivity contribution in [3.8, 4) is 5.75 Å². The van der Waals surface area contributed by atoms with E-state index in [0.29, 0.717) is 12.0 Å². The molecule has 0 saturated carbocycles. The summed E-state index contributed by atoms with van der Waals surface area (Å²) in [6, 6.07) is -8.33. The maximum absolute atomic E-state index is 14.0. The van der Waals surface area contributed by atoms with Gasteiger partial charge in [0.2, 0.25) is 53.2 Å². The molecule has 30 heteroatoms. The third kappa shape index (κ3) is 21.4. The quantitative estimate of drug-likeness (QED) is 0.0182. The number of phenols is 1. The summed E-state index contributed by atoms with van der Waals surface area (Å²) in [5.41, 5.74) is 22.5. The number of hydrogen-bond donors (Lipinski definition) is 16. The van der Waals surface area contributed by atoms with Gasteiger partial charge in [0.15, 0.2) is 5.96 Å². The molecule has 0 aliphatic carbocycles. The second-order valence-electron chi connectivity index (χ2n) is 18.2. The van der Waals surface area contributed by atoms with Gasteiger partial charge in [-0.25, -0.2) is 4.79 Å². The van der Waals surface area contributed by atoms with Gasteiger partial charge in [-0.05, 0) is 76.0 Å². The molecule has 422 valence electrons. The van der Waals surface area contributed by atoms with Crippen LogP contribution < -0.4 is 60.2 Å². The van der Waals surface area contributed by atoms with Crippen molar-refractivity contribution in [1.29, 1.82) is 0 Å². The highest BCUT2D eigenvalue weighted by molar-refractivity contribution is 5.99. The van der Waals surface area contributed by atoms with Crippen LogP contribution in [0, 0.1) is 5.92 Å². The van der Waals surface area contributed by atoms with Crippen molar-refractivity contribution >= 4 is 77.0 Å². The molecule has 0 spiro atoms. The third-order valence-corrected chi connectivity index (χ3v) is 12.0. The van der Waals surface area contributed by atoms with E-state index < -0.39 is 163 Å². The Bertz CT molecular complexity index is 2300. The van der Waals surface area contributed by atoms with Gasteiger partial charge in [0, 0.05) is 19.5 Å². The van der Waals surface area contributed by atoms with Gasteiger partial charge in [-0.3, -0.25) is 57.7 Å². The van der Waals surface area contributed by atoms with Crippen molar-refractivity contribution in [3.63, 3.8) is 0 Å². The largest absolute Gasteiger partial charge is 0.508 e. The minimum absolute atomic E-state index is 0.0132. The predicted molar refractivity (Wildman–Crippen MR) is 265 cm³/mol. The first-order valence-corrected chi connectivity index (χ1v) is 24.2. The van der Waals surface area contributed by atoms with Crippen molar-refractivity contribution in [2.45, 2.75) is 152 Å². The molecule has 0 radical (unpaired) electrons. The van der Waals surface area contributed by atoms with Crippen LogP contribution in [0.1, 0.15) is 91.0 Å². The molecule has 1 heterocycles. The van der Waals surface area contributed by atoms with Crippen molar-refractivity contribution in [3.05, 3.63) is 29.8 Å². The van der Waals surface area contributed by atoms with Gasteiger partial charge in [0.05, 0.1) is 25.0 Å². The number of carboxylic acids is 3. The number of phenolic OH excluding ortho intramolecular Hbond substituents is 1. The van der Waals surface area contributed by atoms with E-state index >= 15 is 0 Å². The fourth-order valence-corrected chi connectivity index (χ4v) is 7.65. The van der Waals surface area contributed by atoms with Crippen molar-refractivity contribution in [2.75, 3.05) is 13.1 Å². The highest BCUT2D eigenvalue weighted by atomic mass is 16.4. The number of carbonyl (C=O) groups is 12. The molecule has 1 aromatic carbocycles. The molecule has 20 N–H and O–H groups in total. The lowest BCUT2D eigenvalue weighted by atomic mass is 9.96. The van der Waals surface area contributed by atoms with Gasteiger partial charge in [0.1, 0.15) is 54.1 Å². The lowest BCUT2D eigenvalue weighted by Gasteiger charge is -2.31. The molecule has 30 nitrogen and oxygen atoms in total. The van der Waals surface area contributed by atoms with Crippen LogP contribution in [0.4, 0.5) is 0 Å². The van der Waals surface area contributed by atoms with Gasteiger partial charge in [-0.2, -0.15) is 0 Å². The number of aliphatic hydroxyl groups is 1. The summed E-state index contributed by atoms with van der Waals surface area (Å²) < 4.78 is 0. The molecule has 2 rings (SSSR count). The minimum Gasteiger partial charge on any atom is -0.508 e. The van der Waals surface area contributed by atoms with Crippen LogP contribution >= 0.6 is 0 Å². The van der Waals surface area contributed by atoms with Gasteiger partial charge >= 0.3 is 17.9 Å². The number of nitrogens with zero attached hydrogens (tertiary/aromatic N) is 2. The Morgan fingerprint density at radius 1 is 0.684 bits per heavy atom. The standard InChI is InChI=1S/C46H71N13O17/c1-5-21(2)35(57-38(68)26(47)18-24-10-12-25(61)13-11-24)42(72)53-27(14-15-33(63)64)39(69)58-36(23(4)60)43(73)56-30(20-34(65)66)44(74)59-17-7-9-31(59)41(71)52-22(3)37(67)55-29(19-32(48)62)40(70)54-28(45(75)76)8-6-16-51-46(49)50/h10-13,21-23,26-31,35-36,60-61H,5-9,14-20,47H2,1-4H3,(H2,48,62)(H,52,71)(H,53,72)(H,54,70)(H,55,67)(H,56,73)(H,57,68)(H,58,69)(H,63,64)(H,65,66)(H,75,76)(H4,49,50,51)/t21-,22-,23+,26-,27-,28-,29-,30-,31-,35-,36-/m0/s1. The van der Waals surface area contributed by atoms with Crippen LogP contribution in [0.25, 0.3) is 0 Å². The number of carbonyl (C=O) groups excluding carboxylic acids is 9. The van der Waals surface area contributed by atoms with Crippen molar-refractivity contribution in [2.24, 2.45) is 33.8 Å². The Kier molecular flexibility index (Phi) is 26.0. The first-order valence-electron chi connectivity index (χ1n) is 24.2. The Balaban J connectivity index is 2.26. The van der Waals surface area contributed by atoms with Crippen molar-refractivity contribution in [1.82, 2.24) is 42.1 Å². The van der Waals surface area contributed by atoms with E-state index in [4.69, 9.17) is 22.9 Å². The van der Waals surface area contributed by atoms with E-state index in [9.17, 15) is 83.1 Å². The topological polar surface area (TPSA) is 510 Å². The molecule has 11 atom stereocenters. The predicted octanol–water partition coefficient (Wildman–Crippen LogP) is -5.55. The van der Waals surface area contributed by atoms with E-state index in [1.54, 1.807) is 26.0 Å². The minimum atomic E-state index is -1.98. The SMILES string of the molecule is CC[C@H](C)[C@H](NC(=O)[C@@H](N)Cc1ccc(O)cc1)C(=O)N[C@@H](CCC(=O)O)C(=O)N[C@H](C(=O)N[C@@H](CC(=O)O)C(=O)N1CCC[C@H]1C(=O)N[C@@H](C)C(=O)N[C@@H](CC(N)=O)C(=O)N[C@@H](CCCN=C(N)N)C(=O)O)[C@@H](C)O. The van der Waals surface area contributed by atoms with E-state index in [-0.39, 0.29) is 56.9 Å². The number of nitrogens with two attached hydrogens (primary N) is 4. The highest BCUT2D eigenvalue weighted by Gasteiger charge is 2.41. The Morgan fingerprint density at radius 3 is 1.80 bits per heavy atom. The molecule has 1 fully saturated rings. The zero-order chi connectivity index (χ0) is 57.6. The zero-order valence-electron chi connectivity index (χ0n) is 42.5.